The van der Waals surface area contributed by atoms with E-state index in [2.05, 4.69) is 15.3 Å². The summed E-state index contributed by atoms with van der Waals surface area (Å²) in [5.74, 6) is 0.655. The van der Waals surface area contributed by atoms with Gasteiger partial charge in [-0.05, 0) is 42.5 Å². The van der Waals surface area contributed by atoms with E-state index in [0.717, 1.165) is 10.4 Å². The number of fused-ring (bicyclic) bond motifs is 1. The number of carbonyl (C=O) groups excluding carboxylic acids is 2. The van der Waals surface area contributed by atoms with Crippen molar-refractivity contribution in [3.63, 3.8) is 0 Å². The maximum Gasteiger partial charge on any atom is 0.268 e. The largest absolute Gasteiger partial charge is 0.443 e. The van der Waals surface area contributed by atoms with Gasteiger partial charge in [-0.1, -0.05) is 18.2 Å². The van der Waals surface area contributed by atoms with Crippen molar-refractivity contribution in [3.05, 3.63) is 83.7 Å². The third kappa shape index (κ3) is 3.90. The van der Waals surface area contributed by atoms with Crippen molar-refractivity contribution < 1.29 is 14.0 Å². The summed E-state index contributed by atoms with van der Waals surface area (Å²) in [7, 11) is 3.56. The van der Waals surface area contributed by atoms with E-state index in [1.165, 1.54) is 17.7 Å². The van der Waals surface area contributed by atoms with Gasteiger partial charge >= 0.3 is 0 Å². The predicted octanol–water partition coefficient (Wildman–Crippen LogP) is 4.82. The number of anilines is 2. The molecule has 0 aliphatic carbocycles. The van der Waals surface area contributed by atoms with Crippen molar-refractivity contribution in [1.82, 2.24) is 14.5 Å². The normalized spacial score (nSPS) is 11.0. The number of nitrogens with zero attached hydrogens (tertiary/aromatic N) is 4. The highest BCUT2D eigenvalue weighted by atomic mass is 32.1. The number of imidazole rings is 1. The molecule has 0 atom stereocenters. The molecule has 164 valence electrons. The summed E-state index contributed by atoms with van der Waals surface area (Å²) in [5, 5.41) is 2.87. The Bertz CT molecular complexity index is 1450. The van der Waals surface area contributed by atoms with Gasteiger partial charge in [-0.25, -0.2) is 9.97 Å². The molecule has 0 radical (unpaired) electrons. The Hall–Kier alpha value is -4.24. The van der Waals surface area contributed by atoms with Gasteiger partial charge < -0.3 is 13.9 Å². The molecule has 1 N–H and O–H groups in total. The van der Waals surface area contributed by atoms with Gasteiger partial charge in [0.25, 0.3) is 11.8 Å². The molecule has 0 saturated heterocycles. The number of carbonyl (C=O) groups is 2. The Kier molecular flexibility index (Phi) is 5.23. The molecule has 5 aromatic rings. The molecule has 0 fully saturated rings. The van der Waals surface area contributed by atoms with Gasteiger partial charge in [-0.3, -0.25) is 14.9 Å². The summed E-state index contributed by atoms with van der Waals surface area (Å²) in [5.41, 5.74) is 2.83. The summed E-state index contributed by atoms with van der Waals surface area (Å²) >= 11 is 1.31. The van der Waals surface area contributed by atoms with Crippen LogP contribution in [0, 0.1) is 0 Å². The lowest BCUT2D eigenvalue weighted by atomic mass is 10.2. The van der Waals surface area contributed by atoms with Crippen LogP contribution in [0.4, 0.5) is 11.6 Å². The highest BCUT2D eigenvalue weighted by Gasteiger charge is 2.18. The van der Waals surface area contributed by atoms with Crippen LogP contribution in [0.2, 0.25) is 0 Å². The molecule has 0 spiro atoms. The van der Waals surface area contributed by atoms with Crippen molar-refractivity contribution in [2.45, 2.75) is 0 Å². The predicted molar refractivity (Wildman–Crippen MR) is 128 cm³/mol. The zero-order valence-corrected chi connectivity index (χ0v) is 18.7. The number of aromatic nitrogens is 3. The van der Waals surface area contributed by atoms with Crippen molar-refractivity contribution in [2.24, 2.45) is 7.05 Å². The van der Waals surface area contributed by atoms with Crippen LogP contribution in [0.25, 0.3) is 21.7 Å². The van der Waals surface area contributed by atoms with Gasteiger partial charge in [0.2, 0.25) is 5.95 Å². The number of nitrogens with one attached hydrogen (secondary N) is 1. The van der Waals surface area contributed by atoms with Crippen molar-refractivity contribution in [3.8, 4) is 10.6 Å². The quantitative estimate of drug-likeness (QED) is 0.408. The van der Waals surface area contributed by atoms with Crippen molar-refractivity contribution in [1.29, 1.82) is 0 Å². The maximum absolute atomic E-state index is 12.8. The first-order chi connectivity index (χ1) is 16.0. The third-order valence-electron chi connectivity index (χ3n) is 5.31. The second kappa shape index (κ2) is 8.36. The fourth-order valence-corrected chi connectivity index (χ4v) is 4.35. The van der Waals surface area contributed by atoms with Crippen LogP contribution < -0.4 is 10.2 Å². The molecular weight excluding hydrogens is 438 g/mol. The van der Waals surface area contributed by atoms with Gasteiger partial charge in [-0.15, -0.1) is 11.3 Å². The number of hydrogen-bond donors (Lipinski definition) is 1. The smallest absolute Gasteiger partial charge is 0.268 e. The molecule has 5 rings (SSSR count). The zero-order chi connectivity index (χ0) is 22.9. The topological polar surface area (TPSA) is 93.3 Å². The zero-order valence-electron chi connectivity index (χ0n) is 17.9. The Morgan fingerprint density at radius 1 is 1.09 bits per heavy atom. The Labute approximate surface area is 193 Å². The molecule has 8 nitrogen and oxygen atoms in total. The average molecular weight is 458 g/mol. The lowest BCUT2D eigenvalue weighted by molar-refractivity contribution is 0.0991. The van der Waals surface area contributed by atoms with Gasteiger partial charge in [0.05, 0.1) is 27.0 Å². The minimum absolute atomic E-state index is 0.111. The molecule has 0 aliphatic heterocycles. The molecule has 3 heterocycles. The lowest BCUT2D eigenvalue weighted by Gasteiger charge is -2.17. The van der Waals surface area contributed by atoms with Crippen molar-refractivity contribution in [2.75, 3.05) is 17.3 Å². The number of hydrogen-bond acceptors (Lipinski definition) is 6. The summed E-state index contributed by atoms with van der Waals surface area (Å²) in [6, 6.07) is 18.2. The molecule has 9 heteroatoms. The lowest BCUT2D eigenvalue weighted by Crippen LogP contribution is -2.26. The van der Waals surface area contributed by atoms with E-state index in [1.54, 1.807) is 40.9 Å². The highest BCUT2D eigenvalue weighted by Crippen LogP contribution is 2.29. The molecule has 0 unspecified atom stereocenters. The van der Waals surface area contributed by atoms with Crippen LogP contribution in [0.1, 0.15) is 20.0 Å². The third-order valence-corrected chi connectivity index (χ3v) is 6.41. The standard InChI is InChI=1S/C24H19N5O3S/c1-28(23(31)15-6-4-3-5-7-15)16-8-9-18-17(12-16)26-24(29(18)2)27-22(30)21-11-10-20(33-21)19-13-25-14-32-19/h3-14H,1-2H3,(H,26,27,30). The van der Waals surface area contributed by atoms with E-state index < -0.39 is 0 Å². The first-order valence-electron chi connectivity index (χ1n) is 10.1. The van der Waals surface area contributed by atoms with Crippen molar-refractivity contribution >= 4 is 45.8 Å². The van der Waals surface area contributed by atoms with E-state index in [4.69, 9.17) is 4.42 Å². The Morgan fingerprint density at radius 3 is 2.67 bits per heavy atom. The highest BCUT2D eigenvalue weighted by molar-refractivity contribution is 7.17. The molecule has 2 amide bonds. The fourth-order valence-electron chi connectivity index (χ4n) is 3.49. The SMILES string of the molecule is CN(C(=O)c1ccccc1)c1ccc2c(c1)nc(NC(=O)c1ccc(-c3cnco3)s1)n2C. The van der Waals surface area contributed by atoms with Gasteiger partial charge in [-0.2, -0.15) is 0 Å². The van der Waals surface area contributed by atoms with E-state index in [-0.39, 0.29) is 11.8 Å². The van der Waals surface area contributed by atoms with Crippen LogP contribution in [0.5, 0.6) is 0 Å². The molecular formula is C24H19N5O3S. The van der Waals surface area contributed by atoms with Crippen LogP contribution in [0.15, 0.2) is 77.7 Å². The fraction of sp³-hybridized carbons (Fsp3) is 0.0833. The van der Waals surface area contributed by atoms with E-state index in [1.807, 2.05) is 49.5 Å². The minimum Gasteiger partial charge on any atom is -0.443 e. The monoisotopic (exact) mass is 457 g/mol. The molecule has 0 aliphatic rings. The number of thiophene rings is 1. The summed E-state index contributed by atoms with van der Waals surface area (Å²) in [4.78, 5) is 37.0. The van der Waals surface area contributed by atoms with Crippen LogP contribution >= 0.6 is 11.3 Å². The second-order valence-electron chi connectivity index (χ2n) is 7.38. The average Bonchev–Trinajstić information content (AvgIpc) is 3.59. The first kappa shape index (κ1) is 20.7. The second-order valence-corrected chi connectivity index (χ2v) is 8.47. The van der Waals surface area contributed by atoms with Crippen LogP contribution in [-0.4, -0.2) is 33.4 Å². The molecule has 0 bridgehead atoms. The van der Waals surface area contributed by atoms with E-state index >= 15 is 0 Å². The number of benzene rings is 2. The number of aryl methyl sites for hydroxylation is 1. The maximum atomic E-state index is 12.8. The summed E-state index contributed by atoms with van der Waals surface area (Å²) in [6.07, 6.45) is 2.96. The van der Waals surface area contributed by atoms with Crippen LogP contribution in [0.3, 0.4) is 0 Å². The Morgan fingerprint density at radius 2 is 1.91 bits per heavy atom. The van der Waals surface area contributed by atoms with Gasteiger partial charge in [0.1, 0.15) is 0 Å². The number of rotatable bonds is 5. The molecule has 3 aromatic heterocycles. The Balaban J connectivity index is 1.38. The van der Waals surface area contributed by atoms with Gasteiger partial charge in [0, 0.05) is 25.3 Å². The van der Waals surface area contributed by atoms with Crippen LogP contribution in [-0.2, 0) is 7.05 Å². The van der Waals surface area contributed by atoms with Gasteiger partial charge in [0.15, 0.2) is 12.2 Å². The first-order valence-corrected chi connectivity index (χ1v) is 10.9. The van der Waals surface area contributed by atoms with E-state index in [0.29, 0.717) is 33.4 Å². The summed E-state index contributed by atoms with van der Waals surface area (Å²) in [6.45, 7) is 0. The molecule has 0 saturated carbocycles. The molecule has 33 heavy (non-hydrogen) atoms. The van der Waals surface area contributed by atoms with E-state index in [9.17, 15) is 9.59 Å². The number of oxazole rings is 1. The minimum atomic E-state index is -0.263. The molecule has 2 aromatic carbocycles. The summed E-state index contributed by atoms with van der Waals surface area (Å²) < 4.78 is 7.10. The number of amides is 2.